The van der Waals surface area contributed by atoms with Crippen LogP contribution >= 0.6 is 0 Å². The van der Waals surface area contributed by atoms with E-state index < -0.39 is 5.41 Å². The van der Waals surface area contributed by atoms with Crippen LogP contribution < -0.4 is 0 Å². The summed E-state index contributed by atoms with van der Waals surface area (Å²) in [5.41, 5.74) is 15.5. The van der Waals surface area contributed by atoms with E-state index in [1.807, 2.05) is 0 Å². The molecule has 0 unspecified atom stereocenters. The zero-order valence-corrected chi connectivity index (χ0v) is 31.1. The summed E-state index contributed by atoms with van der Waals surface area (Å²) >= 11 is 0. The summed E-state index contributed by atoms with van der Waals surface area (Å²) in [6.07, 6.45) is 0. The second kappa shape index (κ2) is 11.4. The Morgan fingerprint density at radius 3 is 1.37 bits per heavy atom. The molecule has 0 nitrogen and oxygen atoms in total. The van der Waals surface area contributed by atoms with Crippen molar-refractivity contribution in [2.75, 3.05) is 0 Å². The Balaban J connectivity index is 1.20. The van der Waals surface area contributed by atoms with E-state index in [1.165, 1.54) is 121 Å². The minimum atomic E-state index is -0.487. The number of hydrogen-bond acceptors (Lipinski definition) is 0. The lowest BCUT2D eigenvalue weighted by atomic mass is 9.68. The van der Waals surface area contributed by atoms with Crippen molar-refractivity contribution in [3.05, 3.63) is 229 Å². The Kier molecular flexibility index (Phi) is 6.19. The molecule has 0 fully saturated rings. The van der Waals surface area contributed by atoms with Gasteiger partial charge in [-0.05, 0) is 127 Å². The minimum Gasteiger partial charge on any atom is -0.0622 e. The first kappa shape index (κ1) is 31.0. The molecule has 0 radical (unpaired) electrons. The van der Waals surface area contributed by atoms with Crippen LogP contribution in [0.3, 0.4) is 0 Å². The van der Waals surface area contributed by atoms with Gasteiger partial charge in [-0.3, -0.25) is 0 Å². The molecule has 0 N–H and O–H groups in total. The van der Waals surface area contributed by atoms with E-state index in [1.54, 1.807) is 0 Å². The molecular weight excluding hydrogens is 685 g/mol. The van der Waals surface area contributed by atoms with E-state index in [0.29, 0.717) is 0 Å². The lowest BCUT2D eigenvalue weighted by Crippen LogP contribution is -2.26. The molecule has 13 rings (SSSR count). The normalized spacial score (nSPS) is 13.4. The summed E-state index contributed by atoms with van der Waals surface area (Å²) in [7, 11) is 0. The maximum absolute atomic E-state index is 2.51. The number of rotatable bonds is 2. The largest absolute Gasteiger partial charge is 0.0737 e. The Labute approximate surface area is 330 Å². The summed E-state index contributed by atoms with van der Waals surface area (Å²) in [5, 5.41) is 12.9. The number of hydrogen-bond donors (Lipinski definition) is 0. The van der Waals surface area contributed by atoms with Gasteiger partial charge in [0.25, 0.3) is 0 Å². The van der Waals surface area contributed by atoms with Crippen molar-refractivity contribution in [2.45, 2.75) is 5.41 Å². The van der Waals surface area contributed by atoms with Gasteiger partial charge in [-0.1, -0.05) is 200 Å². The number of benzene rings is 11. The predicted octanol–water partition coefficient (Wildman–Crippen LogP) is 15.1. The molecule has 2 aliphatic carbocycles. The average molecular weight is 719 g/mol. The first-order valence-corrected chi connectivity index (χ1v) is 20.0. The van der Waals surface area contributed by atoms with E-state index in [0.717, 1.165) is 0 Å². The van der Waals surface area contributed by atoms with Gasteiger partial charge in [0.2, 0.25) is 0 Å². The molecule has 0 bridgehead atoms. The zero-order chi connectivity index (χ0) is 37.2. The lowest BCUT2D eigenvalue weighted by Gasteiger charge is -2.32. The highest BCUT2D eigenvalue weighted by atomic mass is 14.5. The van der Waals surface area contributed by atoms with Crippen molar-refractivity contribution < 1.29 is 0 Å². The molecule has 1 spiro atoms. The third-order valence-corrected chi connectivity index (χ3v) is 13.2. The Morgan fingerprint density at radius 1 is 0.246 bits per heavy atom. The molecule has 262 valence electrons. The molecular formula is C57H34. The van der Waals surface area contributed by atoms with Crippen LogP contribution in [0.2, 0.25) is 0 Å². The van der Waals surface area contributed by atoms with Gasteiger partial charge in [0.1, 0.15) is 0 Å². The Bertz CT molecular complexity index is 3410. The monoisotopic (exact) mass is 718 g/mol. The third-order valence-electron chi connectivity index (χ3n) is 13.2. The van der Waals surface area contributed by atoms with Crippen molar-refractivity contribution in [2.24, 2.45) is 0 Å². The van der Waals surface area contributed by atoms with Crippen molar-refractivity contribution in [1.29, 1.82) is 0 Å². The molecule has 0 saturated carbocycles. The van der Waals surface area contributed by atoms with Crippen LogP contribution in [0, 0.1) is 0 Å². The second-order valence-electron chi connectivity index (χ2n) is 15.8. The molecule has 0 heterocycles. The van der Waals surface area contributed by atoms with Gasteiger partial charge in [0.15, 0.2) is 0 Å². The van der Waals surface area contributed by atoms with Crippen LogP contribution in [0.15, 0.2) is 206 Å². The Morgan fingerprint density at radius 2 is 0.737 bits per heavy atom. The van der Waals surface area contributed by atoms with Crippen LogP contribution in [0.5, 0.6) is 0 Å². The lowest BCUT2D eigenvalue weighted by molar-refractivity contribution is 0.809. The predicted molar refractivity (Wildman–Crippen MR) is 241 cm³/mol. The maximum Gasteiger partial charge on any atom is 0.0737 e. The summed E-state index contributed by atoms with van der Waals surface area (Å²) in [5.74, 6) is 0. The Hall–Kier alpha value is -7.28. The van der Waals surface area contributed by atoms with Gasteiger partial charge in [-0.15, -0.1) is 0 Å². The van der Waals surface area contributed by atoms with E-state index in [-0.39, 0.29) is 0 Å². The van der Waals surface area contributed by atoms with Crippen LogP contribution in [0.1, 0.15) is 22.3 Å². The standard InChI is InChI=1S/C57H34/c1-2-17-36(18-3-1)52-43-24-8-10-26-45(43)53(46-27-11-9-25-44(46)52)37-31-32-47-49(34-37)39-20-6-7-23-42(39)54-48-33-30-35-16-4-5-19-38(35)55(48)57(56(47)54)50-28-14-12-21-40(50)41-22-13-15-29-51(41)57/h1-34H. The molecule has 0 aromatic heterocycles. The van der Waals surface area contributed by atoms with Gasteiger partial charge in [-0.2, -0.15) is 0 Å². The average Bonchev–Trinajstić information content (AvgIpc) is 3.76. The van der Waals surface area contributed by atoms with Gasteiger partial charge in [-0.25, -0.2) is 0 Å². The van der Waals surface area contributed by atoms with Gasteiger partial charge >= 0.3 is 0 Å². The fourth-order valence-electron chi connectivity index (χ4n) is 11.2. The van der Waals surface area contributed by atoms with Crippen LogP contribution in [-0.4, -0.2) is 0 Å². The van der Waals surface area contributed by atoms with Crippen LogP contribution in [-0.2, 0) is 5.41 Å². The molecule has 11 aromatic carbocycles. The van der Waals surface area contributed by atoms with E-state index in [9.17, 15) is 0 Å². The molecule has 0 amide bonds. The first-order valence-electron chi connectivity index (χ1n) is 20.0. The third kappa shape index (κ3) is 3.92. The van der Waals surface area contributed by atoms with E-state index in [2.05, 4.69) is 206 Å². The van der Waals surface area contributed by atoms with Crippen molar-refractivity contribution in [3.63, 3.8) is 0 Å². The van der Waals surface area contributed by atoms with E-state index in [4.69, 9.17) is 0 Å². The summed E-state index contributed by atoms with van der Waals surface area (Å²) in [6, 6.07) is 77.5. The van der Waals surface area contributed by atoms with Gasteiger partial charge < -0.3 is 0 Å². The van der Waals surface area contributed by atoms with Crippen molar-refractivity contribution in [1.82, 2.24) is 0 Å². The zero-order valence-electron chi connectivity index (χ0n) is 31.1. The van der Waals surface area contributed by atoms with Crippen LogP contribution in [0.4, 0.5) is 0 Å². The highest BCUT2D eigenvalue weighted by molar-refractivity contribution is 6.25. The SMILES string of the molecule is c1ccc(-c2c3ccccc3c(-c3ccc4c5c(c6ccccc6c4c3)-c3ccc4ccccc4c3C53c4ccccc4-c4ccccc43)c3ccccc23)cc1. The van der Waals surface area contributed by atoms with Crippen molar-refractivity contribution >= 4 is 53.9 Å². The summed E-state index contributed by atoms with van der Waals surface area (Å²) in [4.78, 5) is 0. The van der Waals surface area contributed by atoms with Gasteiger partial charge in [0, 0.05) is 0 Å². The molecule has 0 atom stereocenters. The quantitative estimate of drug-likeness (QED) is 0.123. The first-order chi connectivity index (χ1) is 28.3. The number of fused-ring (bicyclic) bond motifs is 19. The second-order valence-corrected chi connectivity index (χ2v) is 15.8. The summed E-state index contributed by atoms with van der Waals surface area (Å²) in [6.45, 7) is 0. The van der Waals surface area contributed by atoms with Gasteiger partial charge in [0.05, 0.1) is 5.41 Å². The molecule has 11 aromatic rings. The highest BCUT2D eigenvalue weighted by Gasteiger charge is 2.53. The molecule has 57 heavy (non-hydrogen) atoms. The molecule has 0 saturated heterocycles. The molecule has 0 aliphatic heterocycles. The maximum atomic E-state index is 2.51. The fourth-order valence-corrected chi connectivity index (χ4v) is 11.2. The minimum absolute atomic E-state index is 0.487. The van der Waals surface area contributed by atoms with E-state index >= 15 is 0 Å². The topological polar surface area (TPSA) is 0 Å². The fraction of sp³-hybridized carbons (Fsp3) is 0.0175. The van der Waals surface area contributed by atoms with Crippen LogP contribution in [0.25, 0.3) is 98.4 Å². The smallest absolute Gasteiger partial charge is 0.0622 e. The molecule has 2 aliphatic rings. The molecule has 0 heteroatoms. The van der Waals surface area contributed by atoms with Crippen molar-refractivity contribution in [3.8, 4) is 44.5 Å². The summed E-state index contributed by atoms with van der Waals surface area (Å²) < 4.78 is 0. The highest BCUT2D eigenvalue weighted by Crippen LogP contribution is 2.66.